The lowest BCUT2D eigenvalue weighted by Gasteiger charge is -2.12. The van der Waals surface area contributed by atoms with Gasteiger partial charge in [0.25, 0.3) is 11.6 Å². The molecule has 2 aromatic rings. The van der Waals surface area contributed by atoms with Crippen molar-refractivity contribution in [3.63, 3.8) is 0 Å². The van der Waals surface area contributed by atoms with Crippen LogP contribution in [-0.4, -0.2) is 22.0 Å². The van der Waals surface area contributed by atoms with Crippen LogP contribution in [0.25, 0.3) is 0 Å². The maximum absolute atomic E-state index is 12.3. The van der Waals surface area contributed by atoms with E-state index in [1.54, 1.807) is 30.3 Å². The summed E-state index contributed by atoms with van der Waals surface area (Å²) in [6.45, 7) is 3.79. The fourth-order valence-electron chi connectivity index (χ4n) is 2.02. The van der Waals surface area contributed by atoms with Crippen LogP contribution in [0.1, 0.15) is 24.2 Å². The number of ether oxygens (including phenoxy) is 1. The second kappa shape index (κ2) is 8.20. The maximum atomic E-state index is 12.3. The summed E-state index contributed by atoms with van der Waals surface area (Å²) >= 11 is 5.08. The summed E-state index contributed by atoms with van der Waals surface area (Å²) in [4.78, 5) is 22.5. The van der Waals surface area contributed by atoms with Gasteiger partial charge < -0.3 is 10.1 Å². The third-order valence-electron chi connectivity index (χ3n) is 3.01. The predicted molar refractivity (Wildman–Crippen MR) is 99.0 cm³/mol. The molecule has 0 atom stereocenters. The van der Waals surface area contributed by atoms with Crippen LogP contribution in [0, 0.1) is 10.1 Å². The highest BCUT2D eigenvalue weighted by atomic mass is 32.1. The highest BCUT2D eigenvalue weighted by molar-refractivity contribution is 7.80. The third kappa shape index (κ3) is 5.54. The first-order chi connectivity index (χ1) is 11.8. The minimum atomic E-state index is -0.507. The first-order valence-corrected chi connectivity index (χ1v) is 7.89. The minimum absolute atomic E-state index is 0.00470. The molecule has 0 radical (unpaired) electrons. The second-order valence-electron chi connectivity index (χ2n) is 5.41. The summed E-state index contributed by atoms with van der Waals surface area (Å²) in [6, 6.07) is 12.6. The van der Waals surface area contributed by atoms with Crippen molar-refractivity contribution in [1.29, 1.82) is 0 Å². The molecule has 2 aromatic carbocycles. The molecule has 0 spiro atoms. The van der Waals surface area contributed by atoms with Gasteiger partial charge in [-0.2, -0.15) is 0 Å². The van der Waals surface area contributed by atoms with E-state index in [1.165, 1.54) is 18.2 Å². The van der Waals surface area contributed by atoms with Crippen molar-refractivity contribution < 1.29 is 14.5 Å². The van der Waals surface area contributed by atoms with E-state index in [0.29, 0.717) is 17.0 Å². The van der Waals surface area contributed by atoms with Crippen LogP contribution in [0.15, 0.2) is 48.5 Å². The normalized spacial score (nSPS) is 10.2. The van der Waals surface area contributed by atoms with Gasteiger partial charge in [0.2, 0.25) is 0 Å². The molecule has 0 saturated carbocycles. The van der Waals surface area contributed by atoms with E-state index in [1.807, 2.05) is 13.8 Å². The summed E-state index contributed by atoms with van der Waals surface area (Å²) in [5.41, 5.74) is 0.732. The Morgan fingerprint density at radius 3 is 2.60 bits per heavy atom. The van der Waals surface area contributed by atoms with Crippen LogP contribution in [0.4, 0.5) is 11.4 Å². The van der Waals surface area contributed by atoms with Gasteiger partial charge in [-0.3, -0.25) is 20.2 Å². The fraction of sp³-hybridized carbons (Fsp3) is 0.176. The standard InChI is InChI=1S/C17H17N3O4S/c1-11(2)24-15-8-3-5-12(9-15)16(21)19-17(25)18-13-6-4-7-14(10-13)20(22)23/h3-11H,1-2H3,(H2,18,19,21,25). The van der Waals surface area contributed by atoms with E-state index in [0.717, 1.165) is 0 Å². The maximum Gasteiger partial charge on any atom is 0.271 e. The van der Waals surface area contributed by atoms with Crippen LogP contribution >= 0.6 is 12.2 Å². The topological polar surface area (TPSA) is 93.5 Å². The molecule has 130 valence electrons. The average molecular weight is 359 g/mol. The van der Waals surface area contributed by atoms with Gasteiger partial charge in [0.15, 0.2) is 5.11 Å². The van der Waals surface area contributed by atoms with Gasteiger partial charge in [-0.25, -0.2) is 0 Å². The van der Waals surface area contributed by atoms with Gasteiger partial charge in [0.1, 0.15) is 5.75 Å². The molecule has 8 heteroatoms. The SMILES string of the molecule is CC(C)Oc1cccc(C(=O)NC(=S)Nc2cccc([N+](=O)[O-])c2)c1. The Kier molecular flexibility index (Phi) is 6.02. The molecule has 25 heavy (non-hydrogen) atoms. The molecule has 0 bridgehead atoms. The number of amides is 1. The molecule has 0 aromatic heterocycles. The van der Waals surface area contributed by atoms with E-state index in [2.05, 4.69) is 10.6 Å². The van der Waals surface area contributed by atoms with Gasteiger partial charge in [0.05, 0.1) is 11.0 Å². The zero-order valence-corrected chi connectivity index (χ0v) is 14.5. The largest absolute Gasteiger partial charge is 0.491 e. The monoisotopic (exact) mass is 359 g/mol. The molecule has 7 nitrogen and oxygen atoms in total. The number of hydrogen-bond acceptors (Lipinski definition) is 5. The highest BCUT2D eigenvalue weighted by Crippen LogP contribution is 2.17. The van der Waals surface area contributed by atoms with Crippen molar-refractivity contribution in [2.24, 2.45) is 0 Å². The van der Waals surface area contributed by atoms with Crippen molar-refractivity contribution in [2.45, 2.75) is 20.0 Å². The Balaban J connectivity index is 2.02. The van der Waals surface area contributed by atoms with Crippen molar-refractivity contribution in [1.82, 2.24) is 5.32 Å². The minimum Gasteiger partial charge on any atom is -0.491 e. The fourth-order valence-corrected chi connectivity index (χ4v) is 2.23. The van der Waals surface area contributed by atoms with E-state index in [4.69, 9.17) is 17.0 Å². The predicted octanol–water partition coefficient (Wildman–Crippen LogP) is 3.51. The number of nitrogens with one attached hydrogen (secondary N) is 2. The molecule has 0 aliphatic carbocycles. The molecule has 0 aliphatic heterocycles. The molecule has 1 amide bonds. The average Bonchev–Trinajstić information content (AvgIpc) is 2.54. The number of carbonyl (C=O) groups is 1. The number of carbonyl (C=O) groups excluding carboxylic acids is 1. The van der Waals surface area contributed by atoms with Crippen molar-refractivity contribution in [3.8, 4) is 5.75 Å². The molecular weight excluding hydrogens is 342 g/mol. The lowest BCUT2D eigenvalue weighted by molar-refractivity contribution is -0.384. The smallest absolute Gasteiger partial charge is 0.271 e. The van der Waals surface area contributed by atoms with E-state index in [9.17, 15) is 14.9 Å². The lowest BCUT2D eigenvalue weighted by atomic mass is 10.2. The molecule has 0 saturated heterocycles. The van der Waals surface area contributed by atoms with E-state index >= 15 is 0 Å². The van der Waals surface area contributed by atoms with Crippen LogP contribution in [0.2, 0.25) is 0 Å². The number of nitrogens with zero attached hydrogens (tertiary/aromatic N) is 1. The molecular formula is C17H17N3O4S. The zero-order valence-electron chi connectivity index (χ0n) is 13.7. The Morgan fingerprint density at radius 1 is 1.20 bits per heavy atom. The number of rotatable bonds is 5. The molecule has 0 unspecified atom stereocenters. The van der Waals surface area contributed by atoms with Crippen molar-refractivity contribution in [3.05, 3.63) is 64.2 Å². The summed E-state index contributed by atoms with van der Waals surface area (Å²) in [6.07, 6.45) is -0.00470. The van der Waals surface area contributed by atoms with Gasteiger partial charge in [0, 0.05) is 23.4 Å². The lowest BCUT2D eigenvalue weighted by Crippen LogP contribution is -2.34. The number of hydrogen-bond donors (Lipinski definition) is 2. The summed E-state index contributed by atoms with van der Waals surface area (Å²) in [7, 11) is 0. The zero-order chi connectivity index (χ0) is 18.4. The quantitative estimate of drug-likeness (QED) is 0.482. The Labute approximate surface area is 150 Å². The summed E-state index contributed by atoms with van der Waals surface area (Å²) in [5, 5.41) is 16.1. The summed E-state index contributed by atoms with van der Waals surface area (Å²) in [5.74, 6) is 0.178. The van der Waals surface area contributed by atoms with Gasteiger partial charge >= 0.3 is 0 Å². The van der Waals surface area contributed by atoms with Gasteiger partial charge in [-0.05, 0) is 50.3 Å². The van der Waals surface area contributed by atoms with Gasteiger partial charge in [-0.15, -0.1) is 0 Å². The summed E-state index contributed by atoms with van der Waals surface area (Å²) < 4.78 is 5.55. The number of nitro benzene ring substituents is 1. The van der Waals surface area contributed by atoms with Crippen molar-refractivity contribution in [2.75, 3.05) is 5.32 Å². The Hall–Kier alpha value is -3.00. The molecule has 0 heterocycles. The molecule has 0 aliphatic rings. The first-order valence-electron chi connectivity index (χ1n) is 7.48. The van der Waals surface area contributed by atoms with Crippen molar-refractivity contribution >= 4 is 34.6 Å². The van der Waals surface area contributed by atoms with E-state index in [-0.39, 0.29) is 16.9 Å². The second-order valence-corrected chi connectivity index (χ2v) is 5.82. The van der Waals surface area contributed by atoms with Crippen LogP contribution < -0.4 is 15.4 Å². The number of nitro groups is 1. The molecule has 2 rings (SSSR count). The molecule has 2 N–H and O–H groups in total. The van der Waals surface area contributed by atoms with Gasteiger partial charge in [-0.1, -0.05) is 12.1 Å². The third-order valence-corrected chi connectivity index (χ3v) is 3.21. The first kappa shape index (κ1) is 18.3. The Bertz CT molecular complexity index is 808. The number of non-ortho nitro benzene ring substituents is 1. The Morgan fingerprint density at radius 2 is 1.92 bits per heavy atom. The molecule has 0 fully saturated rings. The van der Waals surface area contributed by atoms with E-state index < -0.39 is 10.8 Å². The van der Waals surface area contributed by atoms with Crippen LogP contribution in [-0.2, 0) is 0 Å². The number of benzene rings is 2. The highest BCUT2D eigenvalue weighted by Gasteiger charge is 2.11. The van der Waals surface area contributed by atoms with Crippen LogP contribution in [0.5, 0.6) is 5.75 Å². The van der Waals surface area contributed by atoms with Crippen LogP contribution in [0.3, 0.4) is 0 Å². The number of anilines is 1. The number of thiocarbonyl (C=S) groups is 1.